The Morgan fingerprint density at radius 3 is 2.09 bits per heavy atom. The summed E-state index contributed by atoms with van der Waals surface area (Å²) in [4.78, 5) is 30.3. The lowest BCUT2D eigenvalue weighted by molar-refractivity contribution is -0.132. The number of hydrogen-bond acceptors (Lipinski definition) is 5. The van der Waals surface area contributed by atoms with Crippen molar-refractivity contribution in [3.05, 3.63) is 94.4 Å². The molecule has 1 aromatic heterocycles. The highest BCUT2D eigenvalue weighted by atomic mass is 35.5. The van der Waals surface area contributed by atoms with Crippen molar-refractivity contribution in [1.29, 1.82) is 0 Å². The number of nitrogens with zero attached hydrogens (tertiary/aromatic N) is 4. The number of anilines is 1. The van der Waals surface area contributed by atoms with Crippen molar-refractivity contribution in [3.8, 4) is 0 Å². The van der Waals surface area contributed by atoms with E-state index in [0.717, 1.165) is 9.66 Å². The van der Waals surface area contributed by atoms with Crippen molar-refractivity contribution in [2.75, 3.05) is 31.1 Å². The van der Waals surface area contributed by atoms with Crippen molar-refractivity contribution in [1.82, 2.24) is 13.4 Å². The number of hydrogen-bond donors (Lipinski definition) is 0. The highest BCUT2D eigenvalue weighted by Crippen LogP contribution is 2.26. The van der Waals surface area contributed by atoms with Gasteiger partial charge < -0.3 is 9.80 Å². The molecule has 3 aromatic carbocycles. The third-order valence-corrected chi connectivity index (χ3v) is 8.22. The Morgan fingerprint density at radius 2 is 1.40 bits per heavy atom. The smallest absolute Gasteiger partial charge is 0.343 e. The van der Waals surface area contributed by atoms with Crippen molar-refractivity contribution in [2.45, 2.75) is 11.4 Å². The molecular formula is C25H23ClN4O4S. The summed E-state index contributed by atoms with van der Waals surface area (Å²) in [5.41, 5.74) is 0.780. The minimum absolute atomic E-state index is 0.00650. The largest absolute Gasteiger partial charge is 0.367 e. The summed E-state index contributed by atoms with van der Waals surface area (Å²) in [5, 5.41) is 0.659. The van der Waals surface area contributed by atoms with Gasteiger partial charge in [0.25, 0.3) is 10.0 Å². The molecule has 1 aliphatic heterocycles. The molecule has 0 unspecified atom stereocenters. The van der Waals surface area contributed by atoms with Crippen LogP contribution >= 0.6 is 11.6 Å². The van der Waals surface area contributed by atoms with E-state index >= 15 is 0 Å². The van der Waals surface area contributed by atoms with Gasteiger partial charge in [-0.25, -0.2) is 13.2 Å². The molecule has 35 heavy (non-hydrogen) atoms. The number of imidazole rings is 1. The van der Waals surface area contributed by atoms with Crippen LogP contribution in [0.15, 0.2) is 88.6 Å². The fourth-order valence-electron chi connectivity index (χ4n) is 4.40. The molecule has 4 aromatic rings. The lowest BCUT2D eigenvalue weighted by atomic mass is 10.2. The SMILES string of the molecule is O=C(Cn1c(=O)n(S(=O)(=O)c2ccccc2)c2ccccc21)N1CCN(c2ccccc2Cl)CC1. The maximum absolute atomic E-state index is 13.4. The molecule has 180 valence electrons. The summed E-state index contributed by atoms with van der Waals surface area (Å²) in [6.07, 6.45) is 0. The number of benzene rings is 3. The maximum atomic E-state index is 13.4. The van der Waals surface area contributed by atoms with Crippen LogP contribution in [0.25, 0.3) is 11.0 Å². The van der Waals surface area contributed by atoms with Crippen LogP contribution in [-0.2, 0) is 21.4 Å². The van der Waals surface area contributed by atoms with Crippen LogP contribution in [0.2, 0.25) is 5.02 Å². The average Bonchev–Trinajstić information content (AvgIpc) is 3.16. The molecule has 0 N–H and O–H groups in total. The van der Waals surface area contributed by atoms with E-state index in [1.54, 1.807) is 47.4 Å². The summed E-state index contributed by atoms with van der Waals surface area (Å²) in [6, 6.07) is 22.0. The van der Waals surface area contributed by atoms with Crippen LogP contribution in [-0.4, -0.2) is 53.9 Å². The molecule has 0 saturated carbocycles. The van der Waals surface area contributed by atoms with Crippen molar-refractivity contribution in [2.24, 2.45) is 0 Å². The van der Waals surface area contributed by atoms with Gasteiger partial charge in [-0.05, 0) is 36.4 Å². The van der Waals surface area contributed by atoms with Crippen LogP contribution in [0, 0.1) is 0 Å². The standard InChI is InChI=1S/C25H23ClN4O4S/c26-20-10-4-5-11-21(20)27-14-16-28(17-15-27)24(31)18-29-22-12-6-7-13-23(22)30(25(29)32)35(33,34)19-8-2-1-3-9-19/h1-13H,14-18H2. The fourth-order valence-corrected chi connectivity index (χ4v) is 6.09. The third-order valence-electron chi connectivity index (χ3n) is 6.20. The summed E-state index contributed by atoms with van der Waals surface area (Å²) >= 11 is 6.31. The van der Waals surface area contributed by atoms with Gasteiger partial charge in [-0.1, -0.05) is 54.1 Å². The molecule has 1 amide bonds. The van der Waals surface area contributed by atoms with E-state index in [1.165, 1.54) is 16.7 Å². The van der Waals surface area contributed by atoms with E-state index in [0.29, 0.717) is 36.7 Å². The molecule has 0 bridgehead atoms. The average molecular weight is 511 g/mol. The van der Waals surface area contributed by atoms with E-state index < -0.39 is 15.7 Å². The topological polar surface area (TPSA) is 84.6 Å². The van der Waals surface area contributed by atoms with Gasteiger partial charge in [0.05, 0.1) is 26.6 Å². The summed E-state index contributed by atoms with van der Waals surface area (Å²) in [5.74, 6) is -0.245. The predicted molar refractivity (Wildman–Crippen MR) is 135 cm³/mol. The molecule has 0 radical (unpaired) electrons. The number of carbonyl (C=O) groups is 1. The fraction of sp³-hybridized carbons (Fsp3) is 0.200. The lowest BCUT2D eigenvalue weighted by Crippen LogP contribution is -2.50. The summed E-state index contributed by atoms with van der Waals surface area (Å²) in [7, 11) is -4.14. The Labute approximate surface area is 207 Å². The molecule has 0 aliphatic carbocycles. The molecule has 1 aliphatic rings. The third kappa shape index (κ3) is 4.21. The number of rotatable bonds is 5. The molecule has 1 saturated heterocycles. The zero-order valence-corrected chi connectivity index (χ0v) is 20.3. The van der Waals surface area contributed by atoms with Crippen molar-refractivity contribution >= 4 is 44.3 Å². The minimum Gasteiger partial charge on any atom is -0.367 e. The molecule has 5 rings (SSSR count). The van der Waals surface area contributed by atoms with Crippen LogP contribution < -0.4 is 10.6 Å². The van der Waals surface area contributed by atoms with Gasteiger partial charge in [0.1, 0.15) is 6.54 Å². The van der Waals surface area contributed by atoms with Gasteiger partial charge in [0, 0.05) is 26.2 Å². The van der Waals surface area contributed by atoms with Gasteiger partial charge in [-0.2, -0.15) is 3.97 Å². The number of fused-ring (bicyclic) bond motifs is 1. The van der Waals surface area contributed by atoms with Gasteiger partial charge in [-0.15, -0.1) is 0 Å². The number of amides is 1. The van der Waals surface area contributed by atoms with E-state index in [-0.39, 0.29) is 22.9 Å². The molecule has 10 heteroatoms. The number of piperazine rings is 1. The molecule has 0 spiro atoms. The number of aromatic nitrogens is 2. The van der Waals surface area contributed by atoms with Gasteiger partial charge >= 0.3 is 5.69 Å². The second-order valence-electron chi connectivity index (χ2n) is 8.26. The Balaban J connectivity index is 1.42. The highest BCUT2D eigenvalue weighted by molar-refractivity contribution is 7.90. The Kier molecular flexibility index (Phi) is 6.12. The van der Waals surface area contributed by atoms with E-state index in [9.17, 15) is 18.0 Å². The second kappa shape index (κ2) is 9.24. The maximum Gasteiger partial charge on any atom is 0.343 e. The Hall–Kier alpha value is -3.56. The molecule has 0 atom stereocenters. The summed E-state index contributed by atoms with van der Waals surface area (Å²) in [6.45, 7) is 1.91. The number of carbonyl (C=O) groups excluding carboxylic acids is 1. The summed E-state index contributed by atoms with van der Waals surface area (Å²) < 4.78 is 28.6. The first kappa shape index (κ1) is 23.2. The zero-order valence-electron chi connectivity index (χ0n) is 18.7. The quantitative estimate of drug-likeness (QED) is 0.412. The van der Waals surface area contributed by atoms with Gasteiger partial charge in [0.15, 0.2) is 0 Å². The first-order chi connectivity index (χ1) is 16.9. The van der Waals surface area contributed by atoms with E-state index in [1.807, 2.05) is 24.3 Å². The van der Waals surface area contributed by atoms with Crippen LogP contribution in [0.3, 0.4) is 0 Å². The van der Waals surface area contributed by atoms with E-state index in [4.69, 9.17) is 11.6 Å². The second-order valence-corrected chi connectivity index (χ2v) is 10.5. The Morgan fingerprint density at radius 1 is 0.800 bits per heavy atom. The van der Waals surface area contributed by atoms with Crippen LogP contribution in [0.4, 0.5) is 5.69 Å². The van der Waals surface area contributed by atoms with Crippen molar-refractivity contribution in [3.63, 3.8) is 0 Å². The van der Waals surface area contributed by atoms with Gasteiger partial charge in [0.2, 0.25) is 5.91 Å². The van der Waals surface area contributed by atoms with Crippen molar-refractivity contribution < 1.29 is 13.2 Å². The molecular weight excluding hydrogens is 488 g/mol. The molecule has 2 heterocycles. The first-order valence-electron chi connectivity index (χ1n) is 11.2. The normalized spacial score (nSPS) is 14.4. The molecule has 1 fully saturated rings. The zero-order chi connectivity index (χ0) is 24.6. The predicted octanol–water partition coefficient (Wildman–Crippen LogP) is 3.04. The number of para-hydroxylation sites is 3. The monoisotopic (exact) mass is 510 g/mol. The van der Waals surface area contributed by atoms with Gasteiger partial charge in [-0.3, -0.25) is 9.36 Å². The van der Waals surface area contributed by atoms with E-state index in [2.05, 4.69) is 4.90 Å². The highest BCUT2D eigenvalue weighted by Gasteiger charge is 2.28. The Bertz CT molecular complexity index is 1560. The lowest BCUT2D eigenvalue weighted by Gasteiger charge is -2.36. The van der Waals surface area contributed by atoms with Crippen LogP contribution in [0.5, 0.6) is 0 Å². The first-order valence-corrected chi connectivity index (χ1v) is 13.0. The van der Waals surface area contributed by atoms with Crippen LogP contribution in [0.1, 0.15) is 0 Å². The molecule has 8 nitrogen and oxygen atoms in total. The minimum atomic E-state index is -4.14. The number of halogens is 1.